The van der Waals surface area contributed by atoms with Crippen molar-refractivity contribution < 1.29 is 28.6 Å². The second-order valence-electron chi connectivity index (χ2n) is 11.1. The molecule has 0 radical (unpaired) electrons. The highest BCUT2D eigenvalue weighted by Crippen LogP contribution is 2.41. The predicted molar refractivity (Wildman–Crippen MR) is 146 cm³/mol. The van der Waals surface area contributed by atoms with E-state index < -0.39 is 29.2 Å². The maximum Gasteiger partial charge on any atom is 0.407 e. The first kappa shape index (κ1) is 27.4. The van der Waals surface area contributed by atoms with Crippen molar-refractivity contribution in [3.05, 3.63) is 63.4 Å². The molecule has 3 aromatic rings. The number of pyridine rings is 2. The number of ether oxygens (including phenoxy) is 3. The molecule has 0 bridgehead atoms. The fourth-order valence-corrected chi connectivity index (χ4v) is 5.23. The van der Waals surface area contributed by atoms with Crippen LogP contribution in [-0.2, 0) is 42.6 Å². The van der Waals surface area contributed by atoms with Crippen molar-refractivity contribution in [3.8, 4) is 11.4 Å². The lowest BCUT2D eigenvalue weighted by Gasteiger charge is -2.35. The zero-order valence-electron chi connectivity index (χ0n) is 23.2. The van der Waals surface area contributed by atoms with Crippen LogP contribution in [0.5, 0.6) is 0 Å². The van der Waals surface area contributed by atoms with Gasteiger partial charge in [0.15, 0.2) is 0 Å². The summed E-state index contributed by atoms with van der Waals surface area (Å²) >= 11 is 0. The van der Waals surface area contributed by atoms with Crippen molar-refractivity contribution in [2.45, 2.75) is 77.7 Å². The minimum Gasteiger partial charge on any atom is -0.457 e. The van der Waals surface area contributed by atoms with Gasteiger partial charge in [0, 0.05) is 29.5 Å². The van der Waals surface area contributed by atoms with Crippen LogP contribution in [0, 0.1) is 0 Å². The van der Waals surface area contributed by atoms with Gasteiger partial charge in [0.05, 0.1) is 29.0 Å². The number of amides is 1. The van der Waals surface area contributed by atoms with E-state index in [1.54, 1.807) is 38.3 Å². The minimum atomic E-state index is -1.73. The van der Waals surface area contributed by atoms with E-state index in [-0.39, 0.29) is 25.0 Å². The van der Waals surface area contributed by atoms with E-state index in [0.29, 0.717) is 48.4 Å². The number of nitrogens with one attached hydrogen (secondary N) is 1. The molecule has 210 valence electrons. The summed E-state index contributed by atoms with van der Waals surface area (Å²) in [6.07, 6.45) is 0.545. The SMILES string of the molecule is CC[C@@]1(OC(=O)CCCCNC(=O)OC(C)(C)C)C(=O)OCc2c1cc1n(c2=O)Cc2cc3ccccc3nc2-1. The number of alkyl carbamates (subject to hydrolysis) is 1. The molecule has 1 N–H and O–H groups in total. The lowest BCUT2D eigenvalue weighted by molar-refractivity contribution is -0.189. The molecule has 0 saturated heterocycles. The first-order valence-electron chi connectivity index (χ1n) is 13.5. The molecule has 10 nitrogen and oxygen atoms in total. The maximum absolute atomic E-state index is 13.6. The highest BCUT2D eigenvalue weighted by molar-refractivity contribution is 5.88. The molecule has 0 aliphatic carbocycles. The Morgan fingerprint density at radius 2 is 1.93 bits per heavy atom. The summed E-state index contributed by atoms with van der Waals surface area (Å²) in [4.78, 5) is 56.3. The first-order valence-corrected chi connectivity index (χ1v) is 13.5. The molecule has 40 heavy (non-hydrogen) atoms. The Balaban J connectivity index is 1.36. The smallest absolute Gasteiger partial charge is 0.407 e. The fraction of sp³-hybridized carbons (Fsp3) is 0.433. The van der Waals surface area contributed by atoms with Gasteiger partial charge >= 0.3 is 18.0 Å². The molecule has 1 atom stereocenters. The van der Waals surface area contributed by atoms with Gasteiger partial charge in [0.1, 0.15) is 12.2 Å². The summed E-state index contributed by atoms with van der Waals surface area (Å²) in [5, 5.41) is 3.63. The van der Waals surface area contributed by atoms with Crippen LogP contribution in [0.25, 0.3) is 22.3 Å². The lowest BCUT2D eigenvalue weighted by Crippen LogP contribution is -2.47. The van der Waals surface area contributed by atoms with Gasteiger partial charge in [-0.2, -0.15) is 0 Å². The van der Waals surface area contributed by atoms with Gasteiger partial charge in [-0.3, -0.25) is 9.59 Å². The van der Waals surface area contributed by atoms with E-state index in [0.717, 1.165) is 16.5 Å². The summed E-state index contributed by atoms with van der Waals surface area (Å²) in [5.74, 6) is -1.29. The number of esters is 2. The average Bonchev–Trinajstić information content (AvgIpc) is 3.25. The number of rotatable bonds is 7. The molecule has 2 aliphatic heterocycles. The van der Waals surface area contributed by atoms with Crippen molar-refractivity contribution in [1.82, 2.24) is 14.9 Å². The van der Waals surface area contributed by atoms with Gasteiger partial charge in [-0.1, -0.05) is 25.1 Å². The van der Waals surface area contributed by atoms with Crippen molar-refractivity contribution in [1.29, 1.82) is 0 Å². The van der Waals surface area contributed by atoms with Gasteiger partial charge in [-0.05, 0) is 58.2 Å². The highest BCUT2D eigenvalue weighted by atomic mass is 16.6. The van der Waals surface area contributed by atoms with Crippen LogP contribution in [0.3, 0.4) is 0 Å². The Hall–Kier alpha value is -4.21. The summed E-state index contributed by atoms with van der Waals surface area (Å²) in [5.41, 5.74) is 1.01. The van der Waals surface area contributed by atoms with Crippen LogP contribution in [0.15, 0.2) is 41.2 Å². The van der Waals surface area contributed by atoms with Crippen LogP contribution in [-0.4, -0.2) is 39.7 Å². The lowest BCUT2D eigenvalue weighted by atomic mass is 9.85. The van der Waals surface area contributed by atoms with Crippen molar-refractivity contribution in [2.75, 3.05) is 6.54 Å². The number of para-hydroxylation sites is 1. The molecule has 0 fully saturated rings. The number of carbonyl (C=O) groups is 3. The Morgan fingerprint density at radius 1 is 1.15 bits per heavy atom. The molecule has 0 unspecified atom stereocenters. The van der Waals surface area contributed by atoms with E-state index >= 15 is 0 Å². The number of aromatic nitrogens is 2. The fourth-order valence-electron chi connectivity index (χ4n) is 5.23. The Labute approximate surface area is 231 Å². The average molecular weight is 548 g/mol. The third-order valence-electron chi connectivity index (χ3n) is 7.15. The molecule has 10 heteroatoms. The molecule has 0 spiro atoms. The molecular formula is C30H33N3O7. The minimum absolute atomic E-state index is 0.0284. The van der Waals surface area contributed by atoms with Gasteiger partial charge in [0.25, 0.3) is 5.56 Å². The Kier molecular flexibility index (Phi) is 7.12. The second kappa shape index (κ2) is 10.4. The second-order valence-corrected chi connectivity index (χ2v) is 11.1. The summed E-state index contributed by atoms with van der Waals surface area (Å²) < 4.78 is 18.1. The number of unbranched alkanes of at least 4 members (excludes halogenated alkanes) is 1. The first-order chi connectivity index (χ1) is 19.0. The number of carbonyl (C=O) groups excluding carboxylic acids is 3. The molecular weight excluding hydrogens is 514 g/mol. The topological polar surface area (TPSA) is 126 Å². The van der Waals surface area contributed by atoms with Crippen LogP contribution in [0.1, 0.15) is 70.1 Å². The van der Waals surface area contributed by atoms with Crippen LogP contribution in [0.2, 0.25) is 0 Å². The predicted octanol–water partition coefficient (Wildman–Crippen LogP) is 4.33. The van der Waals surface area contributed by atoms with E-state index in [4.69, 9.17) is 19.2 Å². The number of hydrogen-bond acceptors (Lipinski definition) is 8. The number of benzene rings is 1. The van der Waals surface area contributed by atoms with Crippen molar-refractivity contribution >= 4 is 28.9 Å². The van der Waals surface area contributed by atoms with Gasteiger partial charge < -0.3 is 24.1 Å². The number of nitrogens with zero attached hydrogens (tertiary/aromatic N) is 2. The molecule has 2 aromatic heterocycles. The Bertz CT molecular complexity index is 1570. The van der Waals surface area contributed by atoms with E-state index in [2.05, 4.69) is 5.32 Å². The monoisotopic (exact) mass is 547 g/mol. The summed E-state index contributed by atoms with van der Waals surface area (Å²) in [7, 11) is 0. The highest BCUT2D eigenvalue weighted by Gasteiger charge is 2.50. The van der Waals surface area contributed by atoms with Crippen molar-refractivity contribution in [3.63, 3.8) is 0 Å². The van der Waals surface area contributed by atoms with E-state index in [1.165, 1.54) is 0 Å². The Morgan fingerprint density at radius 3 is 2.67 bits per heavy atom. The van der Waals surface area contributed by atoms with Gasteiger partial charge in [0.2, 0.25) is 5.60 Å². The van der Waals surface area contributed by atoms with Crippen LogP contribution < -0.4 is 10.9 Å². The van der Waals surface area contributed by atoms with Gasteiger partial charge in [-0.25, -0.2) is 14.6 Å². The third-order valence-corrected chi connectivity index (χ3v) is 7.15. The maximum atomic E-state index is 13.6. The zero-order valence-corrected chi connectivity index (χ0v) is 23.2. The molecule has 4 heterocycles. The zero-order chi connectivity index (χ0) is 28.7. The van der Waals surface area contributed by atoms with Crippen LogP contribution in [0.4, 0.5) is 4.79 Å². The summed E-state index contributed by atoms with van der Waals surface area (Å²) in [6, 6.07) is 11.5. The molecule has 5 rings (SSSR count). The molecule has 0 saturated carbocycles. The molecule has 1 aromatic carbocycles. The van der Waals surface area contributed by atoms with Crippen LogP contribution >= 0.6 is 0 Å². The number of cyclic esters (lactones) is 1. The number of fused-ring (bicyclic) bond motifs is 5. The quantitative estimate of drug-likeness (QED) is 0.206. The largest absolute Gasteiger partial charge is 0.457 e. The molecule has 1 amide bonds. The molecule has 2 aliphatic rings. The standard InChI is InChI=1S/C30H33N3O7/c1-5-30(39-24(34)12-8-9-13-31-28(37)40-29(2,3)4)21-15-23-25-19(14-18-10-6-7-11-22(18)32-25)16-33(23)26(35)20(21)17-38-27(30)36/h6-7,10-11,14-15H,5,8-9,12-13,16-17H2,1-4H3,(H,31,37)/t30-/m0/s1. The number of hydrogen-bond donors (Lipinski definition) is 1. The summed E-state index contributed by atoms with van der Waals surface area (Å²) in [6.45, 7) is 7.56. The third kappa shape index (κ3) is 5.05. The van der Waals surface area contributed by atoms with E-state index in [9.17, 15) is 19.2 Å². The van der Waals surface area contributed by atoms with E-state index in [1.807, 2.05) is 30.3 Å². The van der Waals surface area contributed by atoms with Gasteiger partial charge in [-0.15, -0.1) is 0 Å². The normalized spacial score (nSPS) is 17.4. The van der Waals surface area contributed by atoms with Crippen molar-refractivity contribution in [2.24, 2.45) is 0 Å².